The molecule has 2 aromatic heterocycles. The van der Waals surface area contributed by atoms with Crippen molar-refractivity contribution in [3.05, 3.63) is 69.9 Å². The fraction of sp³-hybridized carbons (Fsp3) is 0.176. The summed E-state index contributed by atoms with van der Waals surface area (Å²) >= 11 is 6.02. The van der Waals surface area contributed by atoms with E-state index >= 15 is 0 Å². The van der Waals surface area contributed by atoms with Gasteiger partial charge < -0.3 is 10.7 Å². The van der Waals surface area contributed by atoms with E-state index in [1.807, 2.05) is 38.1 Å². The number of pyridine rings is 1. The number of H-pyrrole nitrogens is 1. The summed E-state index contributed by atoms with van der Waals surface area (Å²) < 4.78 is 1.56. The van der Waals surface area contributed by atoms with Gasteiger partial charge in [0, 0.05) is 23.0 Å². The minimum absolute atomic E-state index is 0.235. The number of nitrogens with two attached hydrogens (primary N) is 1. The number of halogens is 1. The van der Waals surface area contributed by atoms with Gasteiger partial charge in [-0.3, -0.25) is 9.55 Å². The third-order valence-corrected chi connectivity index (χ3v) is 3.87. The fourth-order valence-electron chi connectivity index (χ4n) is 2.40. The van der Waals surface area contributed by atoms with Crippen molar-refractivity contribution < 1.29 is 0 Å². The van der Waals surface area contributed by atoms with Crippen LogP contribution in [0.3, 0.4) is 0 Å². The molecule has 118 valence electrons. The SMILES string of the molecule is CC(C)(N)c1ccc(-n2c(-c3cc(Cl)ccn3)c[nH]c2=O)cc1. The smallest absolute Gasteiger partial charge is 0.322 e. The molecular weight excluding hydrogens is 312 g/mol. The predicted octanol–water partition coefficient (Wildman–Crippen LogP) is 3.07. The highest BCUT2D eigenvalue weighted by atomic mass is 35.5. The standard InChI is InChI=1S/C17H17ClN4O/c1-17(2,19)11-3-5-13(6-4-11)22-15(10-21-16(22)23)14-9-12(18)7-8-20-14/h3-10H,19H2,1-2H3,(H,21,23). The van der Waals surface area contributed by atoms with Gasteiger partial charge in [-0.25, -0.2) is 4.79 Å². The molecule has 3 rings (SSSR count). The number of nitrogens with one attached hydrogen (secondary N) is 1. The lowest BCUT2D eigenvalue weighted by atomic mass is 9.95. The van der Waals surface area contributed by atoms with Crippen LogP contribution in [-0.2, 0) is 5.54 Å². The molecule has 1 aromatic carbocycles. The Hall–Kier alpha value is -2.37. The van der Waals surface area contributed by atoms with Gasteiger partial charge in [-0.1, -0.05) is 23.7 Å². The van der Waals surface area contributed by atoms with Gasteiger partial charge in [-0.2, -0.15) is 0 Å². The van der Waals surface area contributed by atoms with Crippen LogP contribution in [0.2, 0.25) is 5.02 Å². The molecule has 0 aliphatic heterocycles. The molecule has 0 spiro atoms. The number of hydrogen-bond donors (Lipinski definition) is 2. The van der Waals surface area contributed by atoms with Crippen LogP contribution in [0.25, 0.3) is 17.1 Å². The van der Waals surface area contributed by atoms with Gasteiger partial charge in [0.1, 0.15) is 0 Å². The molecule has 6 heteroatoms. The van der Waals surface area contributed by atoms with Crippen LogP contribution >= 0.6 is 11.6 Å². The molecule has 0 aliphatic carbocycles. The maximum atomic E-state index is 12.2. The van der Waals surface area contributed by atoms with Gasteiger partial charge in [0.05, 0.1) is 17.1 Å². The van der Waals surface area contributed by atoms with Crippen LogP contribution in [0.4, 0.5) is 0 Å². The Morgan fingerprint density at radius 1 is 1.22 bits per heavy atom. The Balaban J connectivity index is 2.11. The molecule has 3 aromatic rings. The molecule has 0 aliphatic rings. The molecule has 0 saturated heterocycles. The Morgan fingerprint density at radius 2 is 1.91 bits per heavy atom. The molecule has 0 atom stereocenters. The van der Waals surface area contributed by atoms with E-state index in [4.69, 9.17) is 17.3 Å². The van der Waals surface area contributed by atoms with Crippen LogP contribution in [0.5, 0.6) is 0 Å². The average Bonchev–Trinajstić information content (AvgIpc) is 2.88. The normalized spacial score (nSPS) is 11.7. The Bertz CT molecular complexity index is 888. The summed E-state index contributed by atoms with van der Waals surface area (Å²) in [5.74, 6) is 0. The van der Waals surface area contributed by atoms with Crippen molar-refractivity contribution in [2.45, 2.75) is 19.4 Å². The van der Waals surface area contributed by atoms with E-state index in [1.165, 1.54) is 0 Å². The van der Waals surface area contributed by atoms with Crippen molar-refractivity contribution in [2.75, 3.05) is 0 Å². The first-order valence-corrected chi connectivity index (χ1v) is 7.56. The third kappa shape index (κ3) is 3.06. The summed E-state index contributed by atoms with van der Waals surface area (Å²) in [6.45, 7) is 3.87. The Morgan fingerprint density at radius 3 is 2.52 bits per heavy atom. The highest BCUT2D eigenvalue weighted by Crippen LogP contribution is 2.23. The second kappa shape index (κ2) is 5.68. The van der Waals surface area contributed by atoms with E-state index in [9.17, 15) is 4.79 Å². The molecule has 3 N–H and O–H groups in total. The van der Waals surface area contributed by atoms with Gasteiger partial charge in [-0.15, -0.1) is 0 Å². The molecule has 0 fully saturated rings. The van der Waals surface area contributed by atoms with Crippen LogP contribution in [0.1, 0.15) is 19.4 Å². The first kappa shape index (κ1) is 15.5. The van der Waals surface area contributed by atoms with E-state index < -0.39 is 5.54 Å². The van der Waals surface area contributed by atoms with Gasteiger partial charge in [-0.05, 0) is 43.7 Å². The monoisotopic (exact) mass is 328 g/mol. The lowest BCUT2D eigenvalue weighted by molar-refractivity contribution is 0.554. The van der Waals surface area contributed by atoms with E-state index in [-0.39, 0.29) is 5.69 Å². The van der Waals surface area contributed by atoms with Crippen molar-refractivity contribution in [1.29, 1.82) is 0 Å². The maximum absolute atomic E-state index is 12.2. The quantitative estimate of drug-likeness (QED) is 0.775. The average molecular weight is 329 g/mol. The molecular formula is C17H17ClN4O. The van der Waals surface area contributed by atoms with Crippen molar-refractivity contribution in [3.8, 4) is 17.1 Å². The minimum Gasteiger partial charge on any atom is -0.322 e. The van der Waals surface area contributed by atoms with E-state index in [2.05, 4.69) is 9.97 Å². The number of aromatic amines is 1. The highest BCUT2D eigenvalue weighted by Gasteiger charge is 2.16. The van der Waals surface area contributed by atoms with E-state index in [0.29, 0.717) is 16.4 Å². The zero-order chi connectivity index (χ0) is 16.6. The zero-order valence-electron chi connectivity index (χ0n) is 12.9. The molecule has 0 bridgehead atoms. The van der Waals surface area contributed by atoms with Crippen molar-refractivity contribution in [2.24, 2.45) is 5.73 Å². The topological polar surface area (TPSA) is 76.7 Å². The minimum atomic E-state index is -0.432. The molecule has 0 unspecified atom stereocenters. The maximum Gasteiger partial charge on any atom is 0.330 e. The van der Waals surface area contributed by atoms with Crippen LogP contribution in [0.15, 0.2) is 53.6 Å². The number of nitrogens with zero attached hydrogens (tertiary/aromatic N) is 2. The van der Waals surface area contributed by atoms with Crippen LogP contribution in [-0.4, -0.2) is 14.5 Å². The van der Waals surface area contributed by atoms with Gasteiger partial charge in [0.25, 0.3) is 0 Å². The zero-order valence-corrected chi connectivity index (χ0v) is 13.6. The van der Waals surface area contributed by atoms with Gasteiger partial charge in [0.15, 0.2) is 0 Å². The van der Waals surface area contributed by atoms with Gasteiger partial charge >= 0.3 is 5.69 Å². The van der Waals surface area contributed by atoms with Crippen molar-refractivity contribution in [3.63, 3.8) is 0 Å². The van der Waals surface area contributed by atoms with Crippen molar-refractivity contribution in [1.82, 2.24) is 14.5 Å². The fourth-order valence-corrected chi connectivity index (χ4v) is 2.56. The third-order valence-electron chi connectivity index (χ3n) is 3.63. The summed E-state index contributed by atoms with van der Waals surface area (Å²) in [7, 11) is 0. The van der Waals surface area contributed by atoms with Crippen LogP contribution < -0.4 is 11.4 Å². The van der Waals surface area contributed by atoms with Gasteiger partial charge in [0.2, 0.25) is 0 Å². The molecule has 0 saturated carbocycles. The summed E-state index contributed by atoms with van der Waals surface area (Å²) in [4.78, 5) is 19.2. The highest BCUT2D eigenvalue weighted by molar-refractivity contribution is 6.30. The molecule has 2 heterocycles. The predicted molar refractivity (Wildman–Crippen MR) is 91.8 cm³/mol. The van der Waals surface area contributed by atoms with Crippen molar-refractivity contribution >= 4 is 11.6 Å². The summed E-state index contributed by atoms with van der Waals surface area (Å²) in [5.41, 5.74) is 8.43. The number of imidazole rings is 1. The molecule has 0 radical (unpaired) electrons. The lowest BCUT2D eigenvalue weighted by Gasteiger charge is -2.19. The number of aromatic nitrogens is 3. The van der Waals surface area contributed by atoms with E-state index in [1.54, 1.807) is 29.1 Å². The summed E-state index contributed by atoms with van der Waals surface area (Å²) in [6.07, 6.45) is 3.24. The first-order chi connectivity index (χ1) is 10.9. The number of benzene rings is 1. The van der Waals surface area contributed by atoms with E-state index in [0.717, 1.165) is 11.3 Å². The number of hydrogen-bond acceptors (Lipinski definition) is 3. The summed E-state index contributed by atoms with van der Waals surface area (Å²) in [6, 6.07) is 11.0. The molecule has 23 heavy (non-hydrogen) atoms. The Kier molecular flexibility index (Phi) is 3.83. The summed E-state index contributed by atoms with van der Waals surface area (Å²) in [5, 5.41) is 0.565. The number of rotatable bonds is 3. The molecule has 5 nitrogen and oxygen atoms in total. The second-order valence-corrected chi connectivity index (χ2v) is 6.38. The molecule has 0 amide bonds. The lowest BCUT2D eigenvalue weighted by Crippen LogP contribution is -2.28. The largest absolute Gasteiger partial charge is 0.330 e. The first-order valence-electron chi connectivity index (χ1n) is 7.18. The Labute approximate surface area is 138 Å². The van der Waals surface area contributed by atoms with Crippen LogP contribution in [0, 0.1) is 0 Å². The second-order valence-electron chi connectivity index (χ2n) is 5.94.